The van der Waals surface area contributed by atoms with Gasteiger partial charge in [-0.05, 0) is 23.8 Å². The Hall–Kier alpha value is -5.00. The first-order valence-electron chi connectivity index (χ1n) is 18.7. The summed E-state index contributed by atoms with van der Waals surface area (Å²) >= 11 is 1.85. The average Bonchev–Trinajstić information content (AvgIpc) is 3.77. The van der Waals surface area contributed by atoms with E-state index in [4.69, 9.17) is 19.4 Å². The van der Waals surface area contributed by atoms with Crippen LogP contribution in [0.3, 0.4) is 0 Å². The van der Waals surface area contributed by atoms with E-state index in [1.54, 1.807) is 0 Å². The van der Waals surface area contributed by atoms with Crippen LogP contribution in [-0.2, 0) is 0 Å². The number of hydrogen-bond acceptors (Lipinski definition) is 5. The van der Waals surface area contributed by atoms with E-state index in [9.17, 15) is 0 Å². The highest BCUT2D eigenvalue weighted by Gasteiger charge is 2.24. The van der Waals surface area contributed by atoms with Gasteiger partial charge in [0.05, 0.1) is 5.56 Å². The topological polar surface area (TPSA) is 51.8 Å². The van der Waals surface area contributed by atoms with E-state index < -0.39 is 0 Å². The second-order valence-electron chi connectivity index (χ2n) is 15.0. The zero-order chi connectivity index (χ0) is 37.7. The van der Waals surface area contributed by atoms with Crippen LogP contribution in [0.25, 0.3) is 87.4 Å². The van der Waals surface area contributed by atoms with Crippen molar-refractivity contribution in [3.8, 4) is 45.3 Å². The minimum absolute atomic E-state index is 0.608. The average molecular weight is 700 g/mol. The molecule has 9 rings (SSSR count). The van der Waals surface area contributed by atoms with Gasteiger partial charge in [0.1, 0.15) is 89.6 Å². The van der Waals surface area contributed by atoms with Crippen molar-refractivity contribution in [1.82, 2.24) is 15.0 Å². The van der Waals surface area contributed by atoms with Gasteiger partial charge in [0.15, 0.2) is 17.5 Å². The van der Waals surface area contributed by atoms with Crippen molar-refractivity contribution in [2.75, 3.05) is 0 Å². The molecule has 3 aromatic heterocycles. The fourth-order valence-electron chi connectivity index (χ4n) is 8.60. The molecule has 0 saturated heterocycles. The minimum Gasteiger partial charge on any atom is -0.455 e. The molecule has 0 fully saturated rings. The van der Waals surface area contributed by atoms with Crippen molar-refractivity contribution >= 4 is 187 Å². The zero-order valence-corrected chi connectivity index (χ0v) is 33.5. The molecule has 0 bridgehead atoms. The fraction of sp³-hybridized carbons (Fsp3) is 0. The Balaban J connectivity index is 1.34. The Labute approximate surface area is 328 Å². The summed E-state index contributed by atoms with van der Waals surface area (Å²) in [7, 11) is 22.0. The van der Waals surface area contributed by atoms with Crippen LogP contribution in [0, 0.1) is 0 Å². The third kappa shape index (κ3) is 5.07. The van der Waals surface area contributed by atoms with E-state index in [1.165, 1.54) is 80.4 Å². The number of thiophene rings is 1. The molecule has 4 nitrogen and oxygen atoms in total. The van der Waals surface area contributed by atoms with Crippen LogP contribution in [0.2, 0.25) is 0 Å². The van der Waals surface area contributed by atoms with Crippen LogP contribution in [0.1, 0.15) is 0 Å². The van der Waals surface area contributed by atoms with Crippen molar-refractivity contribution in [2.24, 2.45) is 0 Å². The summed E-state index contributed by atoms with van der Waals surface area (Å²) in [5.74, 6) is 1.99. The van der Waals surface area contributed by atoms with Gasteiger partial charge < -0.3 is 4.42 Å². The lowest BCUT2D eigenvalue weighted by molar-refractivity contribution is 0.669. The van der Waals surface area contributed by atoms with Crippen molar-refractivity contribution in [2.45, 2.75) is 0 Å². The number of para-hydroxylation sites is 1. The van der Waals surface area contributed by atoms with Crippen LogP contribution in [0.5, 0.6) is 0 Å². The summed E-state index contributed by atoms with van der Waals surface area (Å²) in [5, 5.41) is 4.72. The van der Waals surface area contributed by atoms with Crippen LogP contribution in [-0.4, -0.2) is 93.4 Å². The summed E-state index contributed by atoms with van der Waals surface area (Å²) in [6, 6.07) is 28.1. The fourth-order valence-corrected chi connectivity index (χ4v) is 9.83. The van der Waals surface area contributed by atoms with E-state index >= 15 is 0 Å². The van der Waals surface area contributed by atoms with Crippen LogP contribution in [0.4, 0.5) is 0 Å². The molecule has 0 aliphatic heterocycles. The summed E-state index contributed by atoms with van der Waals surface area (Å²) in [5.41, 5.74) is 19.5. The second kappa shape index (κ2) is 12.8. The highest BCUT2D eigenvalue weighted by molar-refractivity contribution is 7.26. The molecule has 15 heteroatoms. The Morgan fingerprint density at radius 2 is 0.870 bits per heavy atom. The molecule has 9 aromatic rings. The largest absolute Gasteiger partial charge is 0.455 e. The van der Waals surface area contributed by atoms with Crippen LogP contribution in [0.15, 0.2) is 83.3 Å². The van der Waals surface area contributed by atoms with Crippen LogP contribution < -0.4 is 54.6 Å². The highest BCUT2D eigenvalue weighted by atomic mass is 32.1. The Kier molecular flexibility index (Phi) is 8.24. The molecule has 54 heavy (non-hydrogen) atoms. The highest BCUT2D eigenvalue weighted by Crippen LogP contribution is 2.45. The Morgan fingerprint density at radius 1 is 0.407 bits per heavy atom. The predicted octanol–water partition coefficient (Wildman–Crippen LogP) is -6.61. The van der Waals surface area contributed by atoms with Gasteiger partial charge in [-0.1, -0.05) is 82.5 Å². The molecule has 0 spiro atoms. The molecule has 0 amide bonds. The maximum absolute atomic E-state index is 6.87. The van der Waals surface area contributed by atoms with Gasteiger partial charge in [0.25, 0.3) is 0 Å². The number of benzene rings is 6. The molecule has 0 unspecified atom stereocenters. The van der Waals surface area contributed by atoms with E-state index in [1.807, 2.05) is 11.3 Å². The number of furan rings is 1. The van der Waals surface area contributed by atoms with Gasteiger partial charge >= 0.3 is 0 Å². The molecule has 0 aliphatic carbocycles. The first-order valence-corrected chi connectivity index (χ1v) is 19.5. The maximum Gasteiger partial charge on any atom is 0.167 e. The van der Waals surface area contributed by atoms with E-state index in [-0.39, 0.29) is 0 Å². The molecular weight excluding hydrogens is 667 g/mol. The van der Waals surface area contributed by atoms with Gasteiger partial charge in [-0.15, -0.1) is 44.1 Å². The number of rotatable bonds is 4. The smallest absolute Gasteiger partial charge is 0.167 e. The third-order valence-electron chi connectivity index (χ3n) is 12.5. The van der Waals surface area contributed by atoms with Crippen molar-refractivity contribution in [3.05, 3.63) is 78.9 Å². The third-order valence-corrected chi connectivity index (χ3v) is 13.8. The number of hydrogen-bond donors (Lipinski definition) is 0. The number of fused-ring (bicyclic) bond motifs is 6. The SMILES string of the molecule is Bc1c(B)c(B)c(-c2nc(-c3c(B)c(B)c(B)c(B)c3B)nc(-c3cccc4c3oc3cccc(-c5cccc6c5sc5ccccc56)c34)n2)c(B)c1B. The minimum atomic E-state index is 0.608. The molecule has 6 aromatic carbocycles. The monoisotopic (exact) mass is 701 g/mol. The van der Waals surface area contributed by atoms with E-state index in [0.29, 0.717) is 17.5 Å². The molecule has 246 valence electrons. The molecule has 3 heterocycles. The molecular formula is C39H33B10N3OS. The van der Waals surface area contributed by atoms with E-state index in [0.717, 1.165) is 44.2 Å². The molecule has 0 aliphatic rings. The zero-order valence-electron chi connectivity index (χ0n) is 32.7. The quantitative estimate of drug-likeness (QED) is 0.172. The molecule has 0 atom stereocenters. The normalized spacial score (nSPS) is 11.7. The number of nitrogens with zero attached hydrogens (tertiary/aromatic N) is 3. The van der Waals surface area contributed by atoms with E-state index in [2.05, 4.69) is 157 Å². The van der Waals surface area contributed by atoms with Crippen LogP contribution >= 0.6 is 11.3 Å². The lowest BCUT2D eigenvalue weighted by Crippen LogP contribution is -2.55. The second-order valence-corrected chi connectivity index (χ2v) is 16.1. The maximum atomic E-state index is 6.87. The van der Waals surface area contributed by atoms with Crippen molar-refractivity contribution < 1.29 is 4.42 Å². The lowest BCUT2D eigenvalue weighted by atomic mass is 9.60. The standard InChI is InChI=1S/C39H33B10N3OS/c40-25-23(26(41)30(45)33(48)29(25)44)38-50-37(51-39(52-38)24-27(42)31(46)34(49)32(47)28(24)43)19-11-4-10-18-22-15(7-5-12-20(22)53-35(18)19)17-9-3-8-16-14-6-1-2-13-21(14)54-36(16)17/h1-13H,40-49H2. The molecule has 0 radical (unpaired) electrons. The Morgan fingerprint density at radius 3 is 1.48 bits per heavy atom. The predicted molar refractivity (Wildman–Crippen MR) is 264 cm³/mol. The molecule has 0 saturated carbocycles. The molecule has 0 N–H and O–H groups in total. The van der Waals surface area contributed by atoms with Gasteiger partial charge in [0.2, 0.25) is 0 Å². The summed E-state index contributed by atoms with van der Waals surface area (Å²) in [6.45, 7) is 0. The van der Waals surface area contributed by atoms with Crippen molar-refractivity contribution in [1.29, 1.82) is 0 Å². The van der Waals surface area contributed by atoms with Gasteiger partial charge in [0, 0.05) is 47.6 Å². The summed E-state index contributed by atoms with van der Waals surface area (Å²) < 4.78 is 9.45. The number of aromatic nitrogens is 3. The summed E-state index contributed by atoms with van der Waals surface area (Å²) in [4.78, 5) is 16.0. The summed E-state index contributed by atoms with van der Waals surface area (Å²) in [6.07, 6.45) is 0. The first kappa shape index (κ1) is 34.7. The van der Waals surface area contributed by atoms with Gasteiger partial charge in [-0.3, -0.25) is 0 Å². The Bertz CT molecular complexity index is 2940. The first-order chi connectivity index (χ1) is 26.0. The van der Waals surface area contributed by atoms with Gasteiger partial charge in [-0.2, -0.15) is 0 Å². The lowest BCUT2D eigenvalue weighted by Gasteiger charge is -2.22. The van der Waals surface area contributed by atoms with Gasteiger partial charge in [-0.25, -0.2) is 15.0 Å². The van der Waals surface area contributed by atoms with Crippen molar-refractivity contribution in [3.63, 3.8) is 0 Å².